The van der Waals surface area contributed by atoms with Gasteiger partial charge in [-0.1, -0.05) is 6.07 Å². The van der Waals surface area contributed by atoms with Gasteiger partial charge in [0.1, 0.15) is 11.1 Å². The molecule has 1 aromatic carbocycles. The molecule has 2 rings (SSSR count). The van der Waals surface area contributed by atoms with Crippen molar-refractivity contribution in [2.24, 2.45) is 0 Å². The van der Waals surface area contributed by atoms with Gasteiger partial charge < -0.3 is 9.47 Å². The Kier molecular flexibility index (Phi) is 4.83. The molecule has 1 heterocycles. The van der Waals surface area contributed by atoms with Crippen molar-refractivity contribution in [1.82, 2.24) is 4.98 Å². The first-order valence-corrected chi connectivity index (χ1v) is 6.85. The monoisotopic (exact) mass is 301 g/mol. The Hall–Kier alpha value is -2.76. The van der Waals surface area contributed by atoms with Gasteiger partial charge in [-0.15, -0.1) is 0 Å². The molecule has 1 aromatic heterocycles. The maximum absolute atomic E-state index is 12.5. The van der Waals surface area contributed by atoms with Gasteiger partial charge in [0, 0.05) is 11.6 Å². The third-order valence-electron chi connectivity index (χ3n) is 2.93. The Balaban J connectivity index is 2.78. The molecule has 2 aromatic rings. The van der Waals surface area contributed by atoms with E-state index >= 15 is 0 Å². The minimum Gasteiger partial charge on any atom is -0.462 e. The molecule has 0 aliphatic heterocycles. The number of hydrogen-bond donors (Lipinski definition) is 0. The van der Waals surface area contributed by atoms with Crippen molar-refractivity contribution in [3.63, 3.8) is 0 Å². The van der Waals surface area contributed by atoms with Crippen molar-refractivity contribution >= 4 is 22.8 Å². The third kappa shape index (κ3) is 3.11. The molecule has 0 unspecified atom stereocenters. The predicted molar refractivity (Wildman–Crippen MR) is 79.9 cm³/mol. The van der Waals surface area contributed by atoms with Crippen LogP contribution in [0.3, 0.4) is 0 Å². The van der Waals surface area contributed by atoms with Crippen LogP contribution in [0.4, 0.5) is 0 Å². The first-order valence-electron chi connectivity index (χ1n) is 6.85. The van der Waals surface area contributed by atoms with Crippen molar-refractivity contribution in [2.45, 2.75) is 13.8 Å². The van der Waals surface area contributed by atoms with Crippen molar-refractivity contribution in [3.8, 4) is 0 Å². The van der Waals surface area contributed by atoms with Crippen LogP contribution >= 0.6 is 0 Å². The molecular formula is C16H15NO5. The number of esters is 2. The van der Waals surface area contributed by atoms with Gasteiger partial charge in [0.05, 0.1) is 18.7 Å². The summed E-state index contributed by atoms with van der Waals surface area (Å²) < 4.78 is 9.76. The molecule has 0 aliphatic carbocycles. The maximum atomic E-state index is 12.5. The second-order valence-electron chi connectivity index (χ2n) is 4.36. The maximum Gasteiger partial charge on any atom is 0.342 e. The smallest absolute Gasteiger partial charge is 0.342 e. The number of rotatable bonds is 4. The summed E-state index contributed by atoms with van der Waals surface area (Å²) in [6.45, 7) is 3.52. The van der Waals surface area contributed by atoms with Crippen molar-refractivity contribution in [2.75, 3.05) is 13.2 Å². The van der Waals surface area contributed by atoms with E-state index in [4.69, 9.17) is 9.47 Å². The van der Waals surface area contributed by atoms with Crippen molar-refractivity contribution in [1.29, 1.82) is 0 Å². The van der Waals surface area contributed by atoms with E-state index in [9.17, 15) is 14.4 Å². The molecule has 0 aliphatic rings. The van der Waals surface area contributed by atoms with Crippen LogP contribution in [0.25, 0.3) is 10.9 Å². The van der Waals surface area contributed by atoms with Crippen molar-refractivity contribution < 1.29 is 19.1 Å². The molecule has 0 saturated carbocycles. The van der Waals surface area contributed by atoms with Gasteiger partial charge in [0.2, 0.25) is 5.43 Å². The van der Waals surface area contributed by atoms with Gasteiger partial charge in [-0.25, -0.2) is 9.59 Å². The number of carbonyl (C=O) groups is 2. The molecular weight excluding hydrogens is 286 g/mol. The summed E-state index contributed by atoms with van der Waals surface area (Å²) in [5.41, 5.74) is -0.764. The first-order chi connectivity index (χ1) is 10.6. The highest BCUT2D eigenvalue weighted by atomic mass is 16.5. The molecule has 6 nitrogen and oxygen atoms in total. The minimum atomic E-state index is -0.791. The molecule has 0 amide bonds. The van der Waals surface area contributed by atoms with Gasteiger partial charge >= 0.3 is 11.9 Å². The number of hydrogen-bond acceptors (Lipinski definition) is 6. The van der Waals surface area contributed by atoms with E-state index in [1.807, 2.05) is 0 Å². The molecule has 0 atom stereocenters. The molecule has 0 spiro atoms. The van der Waals surface area contributed by atoms with E-state index in [0.29, 0.717) is 10.9 Å². The fourth-order valence-corrected chi connectivity index (χ4v) is 1.96. The molecule has 0 radical (unpaired) electrons. The lowest BCUT2D eigenvalue weighted by molar-refractivity contribution is 0.0523. The molecule has 0 bridgehead atoms. The Morgan fingerprint density at radius 2 is 1.64 bits per heavy atom. The summed E-state index contributed by atoms with van der Waals surface area (Å²) >= 11 is 0. The summed E-state index contributed by atoms with van der Waals surface area (Å²) in [6, 6.07) is 6.08. The van der Waals surface area contributed by atoms with E-state index < -0.39 is 17.4 Å². The topological polar surface area (TPSA) is 82.6 Å². The SMILES string of the molecule is CCOC(=O)c1cc2cccnc2cc(C(=O)OCC)c1=O. The van der Waals surface area contributed by atoms with Crippen LogP contribution in [0.5, 0.6) is 0 Å². The Labute approximate surface area is 126 Å². The van der Waals surface area contributed by atoms with E-state index in [-0.39, 0.29) is 24.3 Å². The fraction of sp³-hybridized carbons (Fsp3) is 0.250. The van der Waals surface area contributed by atoms with Crippen LogP contribution in [-0.4, -0.2) is 30.1 Å². The fourth-order valence-electron chi connectivity index (χ4n) is 1.96. The normalized spacial score (nSPS) is 10.3. The Bertz CT molecular complexity index is 722. The first kappa shape index (κ1) is 15.6. The number of aromatic nitrogens is 1. The van der Waals surface area contributed by atoms with Crippen LogP contribution in [0.1, 0.15) is 34.6 Å². The number of pyridine rings is 1. The number of fused-ring (bicyclic) bond motifs is 1. The Morgan fingerprint density at radius 3 is 2.23 bits per heavy atom. The summed E-state index contributed by atoms with van der Waals surface area (Å²) in [5.74, 6) is -1.57. The highest BCUT2D eigenvalue weighted by Crippen LogP contribution is 2.13. The summed E-state index contributed by atoms with van der Waals surface area (Å²) in [4.78, 5) is 40.6. The lowest BCUT2D eigenvalue weighted by atomic mass is 10.2. The second kappa shape index (κ2) is 6.80. The predicted octanol–water partition coefficient (Wildman–Crippen LogP) is 1.95. The van der Waals surface area contributed by atoms with Gasteiger partial charge in [-0.3, -0.25) is 9.78 Å². The van der Waals surface area contributed by atoms with Gasteiger partial charge in [0.25, 0.3) is 0 Å². The quantitative estimate of drug-likeness (QED) is 0.803. The molecule has 114 valence electrons. The molecule has 6 heteroatoms. The highest BCUT2D eigenvalue weighted by Gasteiger charge is 2.19. The summed E-state index contributed by atoms with van der Waals surface area (Å²) in [6.07, 6.45) is 1.53. The average molecular weight is 301 g/mol. The summed E-state index contributed by atoms with van der Waals surface area (Å²) in [5, 5.41) is 0.554. The number of ether oxygens (including phenoxy) is 2. The largest absolute Gasteiger partial charge is 0.462 e. The van der Waals surface area contributed by atoms with Crippen LogP contribution in [0.2, 0.25) is 0 Å². The van der Waals surface area contributed by atoms with Gasteiger partial charge in [-0.2, -0.15) is 0 Å². The molecule has 0 saturated heterocycles. The number of carbonyl (C=O) groups excluding carboxylic acids is 2. The average Bonchev–Trinajstić information content (AvgIpc) is 2.65. The van der Waals surface area contributed by atoms with Gasteiger partial charge in [0.15, 0.2) is 0 Å². The molecule has 0 fully saturated rings. The number of nitrogens with zero attached hydrogens (tertiary/aromatic N) is 1. The van der Waals surface area contributed by atoms with Crippen LogP contribution in [0.15, 0.2) is 35.3 Å². The van der Waals surface area contributed by atoms with Gasteiger partial charge in [-0.05, 0) is 32.0 Å². The highest BCUT2D eigenvalue weighted by molar-refractivity contribution is 5.99. The zero-order valence-corrected chi connectivity index (χ0v) is 12.3. The zero-order valence-electron chi connectivity index (χ0n) is 12.3. The van der Waals surface area contributed by atoms with Crippen LogP contribution in [0, 0.1) is 0 Å². The van der Waals surface area contributed by atoms with E-state index in [2.05, 4.69) is 4.98 Å². The summed E-state index contributed by atoms with van der Waals surface area (Å²) in [7, 11) is 0. The van der Waals surface area contributed by atoms with Crippen LogP contribution < -0.4 is 5.43 Å². The molecule has 22 heavy (non-hydrogen) atoms. The minimum absolute atomic E-state index is 0.122. The zero-order chi connectivity index (χ0) is 16.1. The lowest BCUT2D eigenvalue weighted by Crippen LogP contribution is -2.22. The van der Waals surface area contributed by atoms with E-state index in [1.165, 1.54) is 18.3 Å². The third-order valence-corrected chi connectivity index (χ3v) is 2.93. The van der Waals surface area contributed by atoms with Crippen LogP contribution in [-0.2, 0) is 9.47 Å². The van der Waals surface area contributed by atoms with Crippen molar-refractivity contribution in [3.05, 3.63) is 51.8 Å². The molecule has 0 N–H and O–H groups in total. The standard InChI is InChI=1S/C16H15NO5/c1-3-21-15(19)11-8-10-6-5-7-17-13(10)9-12(14(11)18)16(20)22-4-2/h5-9H,3-4H2,1-2H3. The Morgan fingerprint density at radius 1 is 1.05 bits per heavy atom. The lowest BCUT2D eigenvalue weighted by Gasteiger charge is -2.00. The van der Waals surface area contributed by atoms with E-state index in [1.54, 1.807) is 26.0 Å². The van der Waals surface area contributed by atoms with E-state index in [0.717, 1.165) is 0 Å². The second-order valence-corrected chi connectivity index (χ2v) is 4.36.